The van der Waals surface area contributed by atoms with Gasteiger partial charge in [-0.2, -0.15) is 0 Å². The summed E-state index contributed by atoms with van der Waals surface area (Å²) in [5, 5.41) is 2.88. The fraction of sp³-hybridized carbons (Fsp3) is 0.400. The maximum atomic E-state index is 13.2. The van der Waals surface area contributed by atoms with Gasteiger partial charge in [0.1, 0.15) is 11.5 Å². The number of alkyl halides is 1. The van der Waals surface area contributed by atoms with Gasteiger partial charge in [0, 0.05) is 16.7 Å². The zero-order valence-corrected chi connectivity index (χ0v) is 9.07. The second-order valence-electron chi connectivity index (χ2n) is 3.66. The van der Waals surface area contributed by atoms with Crippen molar-refractivity contribution in [3.05, 3.63) is 28.5 Å². The third kappa shape index (κ3) is 2.44. The fourth-order valence-electron chi connectivity index (χ4n) is 1.23. The Labute approximate surface area is 89.6 Å². The van der Waals surface area contributed by atoms with E-state index in [0.29, 0.717) is 23.0 Å². The number of hydrogen-bond donors (Lipinski definition) is 1. The molecule has 1 saturated carbocycles. The summed E-state index contributed by atoms with van der Waals surface area (Å²) in [6.45, 7) is 0.267. The molecule has 0 bridgehead atoms. The zero-order chi connectivity index (χ0) is 10.2. The van der Waals surface area contributed by atoms with Crippen LogP contribution in [0.15, 0.2) is 22.7 Å². The topological polar surface area (TPSA) is 12.0 Å². The van der Waals surface area contributed by atoms with E-state index >= 15 is 0 Å². The smallest absolute Gasteiger partial charge is 0.128 e. The van der Waals surface area contributed by atoms with E-state index in [1.165, 1.54) is 12.1 Å². The van der Waals surface area contributed by atoms with Crippen LogP contribution in [0.2, 0.25) is 0 Å². The molecular weight excluding hydrogens is 252 g/mol. The molecule has 1 aliphatic rings. The van der Waals surface area contributed by atoms with Crippen molar-refractivity contribution in [2.45, 2.75) is 18.5 Å². The third-order valence-electron chi connectivity index (χ3n) is 2.26. The molecule has 76 valence electrons. The summed E-state index contributed by atoms with van der Waals surface area (Å²) in [5.74, 6) is -0.328. The van der Waals surface area contributed by atoms with E-state index < -0.39 is 5.67 Å². The normalized spacial score (nSPS) is 17.9. The van der Waals surface area contributed by atoms with Gasteiger partial charge in [-0.1, -0.05) is 15.9 Å². The molecule has 0 spiro atoms. The first kappa shape index (κ1) is 9.90. The Balaban J connectivity index is 2.01. The predicted molar refractivity (Wildman–Crippen MR) is 55.7 cm³/mol. The molecule has 4 heteroatoms. The van der Waals surface area contributed by atoms with Crippen LogP contribution >= 0.6 is 15.9 Å². The third-order valence-corrected chi connectivity index (χ3v) is 2.72. The Hall–Kier alpha value is -0.640. The average molecular weight is 262 g/mol. The van der Waals surface area contributed by atoms with Gasteiger partial charge >= 0.3 is 0 Å². The number of benzene rings is 1. The van der Waals surface area contributed by atoms with E-state index in [9.17, 15) is 8.78 Å². The van der Waals surface area contributed by atoms with Crippen molar-refractivity contribution in [2.24, 2.45) is 0 Å². The summed E-state index contributed by atoms with van der Waals surface area (Å²) in [5.41, 5.74) is -0.445. The van der Waals surface area contributed by atoms with Crippen LogP contribution in [0.25, 0.3) is 0 Å². The van der Waals surface area contributed by atoms with Gasteiger partial charge in [0.15, 0.2) is 0 Å². The molecule has 0 amide bonds. The number of hydrogen-bond acceptors (Lipinski definition) is 1. The van der Waals surface area contributed by atoms with Gasteiger partial charge in [0.25, 0.3) is 0 Å². The zero-order valence-electron chi connectivity index (χ0n) is 7.49. The highest BCUT2D eigenvalue weighted by Crippen LogP contribution is 2.39. The molecule has 1 aromatic carbocycles. The van der Waals surface area contributed by atoms with Crippen LogP contribution in [0.4, 0.5) is 14.5 Å². The van der Waals surface area contributed by atoms with E-state index in [1.54, 1.807) is 6.07 Å². The molecular formula is C10H10BrF2N. The first-order chi connectivity index (χ1) is 6.57. The monoisotopic (exact) mass is 261 g/mol. The maximum Gasteiger partial charge on any atom is 0.128 e. The van der Waals surface area contributed by atoms with Gasteiger partial charge in [-0.05, 0) is 31.0 Å². The summed E-state index contributed by atoms with van der Waals surface area (Å²) in [6, 6.07) is 4.46. The van der Waals surface area contributed by atoms with Crippen molar-refractivity contribution < 1.29 is 8.78 Å². The predicted octanol–water partition coefficient (Wildman–Crippen LogP) is 3.50. The van der Waals surface area contributed by atoms with Gasteiger partial charge in [-0.25, -0.2) is 8.78 Å². The number of anilines is 1. The SMILES string of the molecule is Fc1cc(Br)cc(NCC2(F)CC2)c1. The van der Waals surface area contributed by atoms with Crippen LogP contribution in [-0.2, 0) is 0 Å². The van der Waals surface area contributed by atoms with Crippen molar-refractivity contribution in [3.8, 4) is 0 Å². The summed E-state index contributed by atoms with van der Waals surface area (Å²) in [6.07, 6.45) is 1.22. The molecule has 0 heterocycles. The van der Waals surface area contributed by atoms with E-state index in [1.807, 2.05) is 0 Å². The van der Waals surface area contributed by atoms with Gasteiger partial charge in [-0.15, -0.1) is 0 Å². The lowest BCUT2D eigenvalue weighted by Crippen LogP contribution is -2.15. The molecule has 0 atom stereocenters. The van der Waals surface area contributed by atoms with Crippen molar-refractivity contribution in [3.63, 3.8) is 0 Å². The lowest BCUT2D eigenvalue weighted by Gasteiger charge is -2.09. The van der Waals surface area contributed by atoms with E-state index in [4.69, 9.17) is 0 Å². The van der Waals surface area contributed by atoms with Gasteiger partial charge in [-0.3, -0.25) is 0 Å². The van der Waals surface area contributed by atoms with Crippen molar-refractivity contribution in [1.82, 2.24) is 0 Å². The highest BCUT2D eigenvalue weighted by Gasteiger charge is 2.42. The minimum absolute atomic E-state index is 0.267. The fourth-order valence-corrected chi connectivity index (χ4v) is 1.69. The molecule has 0 radical (unpaired) electrons. The quantitative estimate of drug-likeness (QED) is 0.879. The van der Waals surface area contributed by atoms with Crippen molar-refractivity contribution in [2.75, 3.05) is 11.9 Å². The lowest BCUT2D eigenvalue weighted by atomic mass is 10.3. The second-order valence-corrected chi connectivity index (χ2v) is 4.58. The van der Waals surface area contributed by atoms with Crippen LogP contribution in [0.3, 0.4) is 0 Å². The number of halogens is 3. The van der Waals surface area contributed by atoms with Crippen LogP contribution in [0.5, 0.6) is 0 Å². The molecule has 0 unspecified atom stereocenters. The van der Waals surface area contributed by atoms with Gasteiger partial charge in [0.2, 0.25) is 0 Å². The summed E-state index contributed by atoms with van der Waals surface area (Å²) in [4.78, 5) is 0. The average Bonchev–Trinajstić information content (AvgIpc) is 2.80. The van der Waals surface area contributed by atoms with Gasteiger partial charge < -0.3 is 5.32 Å². The Morgan fingerprint density at radius 3 is 2.64 bits per heavy atom. The molecule has 1 nitrogen and oxygen atoms in total. The summed E-state index contributed by atoms with van der Waals surface area (Å²) in [7, 11) is 0. The maximum absolute atomic E-state index is 13.2. The Morgan fingerprint density at radius 2 is 2.07 bits per heavy atom. The van der Waals surface area contributed by atoms with Crippen LogP contribution in [-0.4, -0.2) is 12.2 Å². The minimum atomic E-state index is -1.06. The molecule has 1 N–H and O–H groups in total. The molecule has 1 aromatic rings. The highest BCUT2D eigenvalue weighted by atomic mass is 79.9. The first-order valence-electron chi connectivity index (χ1n) is 4.46. The molecule has 0 saturated heterocycles. The molecule has 2 rings (SSSR count). The Morgan fingerprint density at radius 1 is 1.36 bits per heavy atom. The van der Waals surface area contributed by atoms with Gasteiger partial charge in [0.05, 0.1) is 0 Å². The van der Waals surface area contributed by atoms with Crippen molar-refractivity contribution in [1.29, 1.82) is 0 Å². The summed E-state index contributed by atoms with van der Waals surface area (Å²) >= 11 is 3.18. The first-order valence-corrected chi connectivity index (χ1v) is 5.26. The Kier molecular flexibility index (Phi) is 2.47. The molecule has 14 heavy (non-hydrogen) atoms. The van der Waals surface area contributed by atoms with E-state index in [0.717, 1.165) is 0 Å². The highest BCUT2D eigenvalue weighted by molar-refractivity contribution is 9.10. The van der Waals surface area contributed by atoms with Crippen LogP contribution in [0.1, 0.15) is 12.8 Å². The molecule has 0 aromatic heterocycles. The molecule has 0 aliphatic heterocycles. The Bertz CT molecular complexity index is 330. The van der Waals surface area contributed by atoms with Crippen molar-refractivity contribution >= 4 is 21.6 Å². The standard InChI is InChI=1S/C10H10BrF2N/c11-7-3-8(12)5-9(4-7)14-6-10(13)1-2-10/h3-5,14H,1-2,6H2. The number of nitrogens with one attached hydrogen (secondary N) is 1. The molecule has 1 aliphatic carbocycles. The van der Waals surface area contributed by atoms with E-state index in [-0.39, 0.29) is 12.4 Å². The van der Waals surface area contributed by atoms with Crippen LogP contribution in [0, 0.1) is 5.82 Å². The molecule has 1 fully saturated rings. The number of rotatable bonds is 3. The minimum Gasteiger partial charge on any atom is -0.382 e. The summed E-state index contributed by atoms with van der Waals surface area (Å²) < 4.78 is 26.8. The van der Waals surface area contributed by atoms with Crippen LogP contribution < -0.4 is 5.32 Å². The second kappa shape index (κ2) is 3.50. The largest absolute Gasteiger partial charge is 0.382 e. The van der Waals surface area contributed by atoms with E-state index in [2.05, 4.69) is 21.2 Å². The lowest BCUT2D eigenvalue weighted by molar-refractivity contribution is 0.326.